The molecule has 3 aromatic carbocycles. The summed E-state index contributed by atoms with van der Waals surface area (Å²) in [7, 11) is 0. The van der Waals surface area contributed by atoms with Crippen molar-refractivity contribution in [3.8, 4) is 23.1 Å². The number of aromatic nitrogens is 4. The lowest BCUT2D eigenvalue weighted by atomic mass is 9.96. The zero-order valence-electron chi connectivity index (χ0n) is 30.2. The largest absolute Gasteiger partial charge is 0.340 e. The number of nitrogens with zero attached hydrogens (tertiary/aromatic N) is 4. The third-order valence-electron chi connectivity index (χ3n) is 11.7. The zero-order valence-corrected chi connectivity index (χ0v) is 30.2. The summed E-state index contributed by atoms with van der Waals surface area (Å²) >= 11 is 0. The van der Waals surface area contributed by atoms with Crippen LogP contribution in [0.4, 0.5) is 4.39 Å². The van der Waals surface area contributed by atoms with Gasteiger partial charge in [0.25, 0.3) is 0 Å². The molecular weight excluding hydrogens is 652 g/mol. The van der Waals surface area contributed by atoms with Crippen molar-refractivity contribution in [2.24, 2.45) is 17.3 Å². The molecule has 8 nitrogen and oxygen atoms in total. The lowest BCUT2D eigenvalue weighted by Crippen LogP contribution is -2.37. The van der Waals surface area contributed by atoms with Crippen LogP contribution < -0.4 is 0 Å². The Kier molecular flexibility index (Phi) is 8.73. The lowest BCUT2D eigenvalue weighted by molar-refractivity contribution is -0.137. The van der Waals surface area contributed by atoms with E-state index in [1.807, 2.05) is 54.3 Å². The highest BCUT2D eigenvalue weighted by molar-refractivity contribution is 5.84. The average Bonchev–Trinajstić information content (AvgIpc) is 3.64. The summed E-state index contributed by atoms with van der Waals surface area (Å²) in [6.45, 7) is 9.50. The van der Waals surface area contributed by atoms with Gasteiger partial charge >= 0.3 is 0 Å². The third kappa shape index (κ3) is 6.40. The van der Waals surface area contributed by atoms with Crippen LogP contribution in [0.25, 0.3) is 22.3 Å². The topological polar surface area (TPSA) is 98.0 Å². The number of rotatable bonds is 7. The summed E-state index contributed by atoms with van der Waals surface area (Å²) in [5, 5.41) is 0. The van der Waals surface area contributed by atoms with Gasteiger partial charge in [-0.3, -0.25) is 9.59 Å². The van der Waals surface area contributed by atoms with Crippen molar-refractivity contribution in [3.05, 3.63) is 107 Å². The smallest absolute Gasteiger partial charge is 0.230 e. The van der Waals surface area contributed by atoms with Crippen molar-refractivity contribution < 1.29 is 14.0 Å². The maximum absolute atomic E-state index is 14.4. The first-order valence-corrected chi connectivity index (χ1v) is 18.6. The van der Waals surface area contributed by atoms with E-state index in [1.165, 1.54) is 18.9 Å². The van der Waals surface area contributed by atoms with Crippen molar-refractivity contribution in [2.75, 3.05) is 13.1 Å². The zero-order chi connectivity index (χ0) is 36.1. The minimum atomic E-state index is -0.572. The number of nitrogens with one attached hydrogen (secondary N) is 2. The van der Waals surface area contributed by atoms with Crippen molar-refractivity contribution in [2.45, 2.75) is 77.8 Å². The molecule has 0 bridgehead atoms. The summed E-state index contributed by atoms with van der Waals surface area (Å²) in [5.41, 5.74) is 6.11. The lowest BCUT2D eigenvalue weighted by Gasteiger charge is -2.28. The van der Waals surface area contributed by atoms with Gasteiger partial charge in [-0.25, -0.2) is 14.4 Å². The molecule has 5 aromatic rings. The maximum atomic E-state index is 14.4. The Hall–Kier alpha value is -5.23. The van der Waals surface area contributed by atoms with Gasteiger partial charge in [0.1, 0.15) is 17.5 Å². The highest BCUT2D eigenvalue weighted by Crippen LogP contribution is 2.58. The number of halogens is 1. The van der Waals surface area contributed by atoms with E-state index in [0.717, 1.165) is 70.9 Å². The van der Waals surface area contributed by atoms with Crippen LogP contribution in [0.15, 0.2) is 72.9 Å². The van der Waals surface area contributed by atoms with Gasteiger partial charge in [0.2, 0.25) is 11.8 Å². The Morgan fingerprint density at radius 2 is 1.63 bits per heavy atom. The number of likely N-dealkylation sites (tertiary alicyclic amines) is 2. The van der Waals surface area contributed by atoms with Crippen LogP contribution in [-0.4, -0.2) is 54.6 Å². The summed E-state index contributed by atoms with van der Waals surface area (Å²) in [6, 6.07) is 20.4. The van der Waals surface area contributed by atoms with Gasteiger partial charge < -0.3 is 19.8 Å². The molecule has 1 aliphatic carbocycles. The van der Waals surface area contributed by atoms with E-state index in [0.29, 0.717) is 18.0 Å². The number of hydrogen-bond donors (Lipinski definition) is 2. The molecule has 0 unspecified atom stereocenters. The molecule has 2 saturated heterocycles. The molecule has 266 valence electrons. The fourth-order valence-corrected chi connectivity index (χ4v) is 7.94. The van der Waals surface area contributed by atoms with Gasteiger partial charge in [0, 0.05) is 30.1 Å². The molecule has 1 spiro atoms. The number of H-pyrrole nitrogens is 2. The van der Waals surface area contributed by atoms with E-state index in [2.05, 4.69) is 45.5 Å². The van der Waals surface area contributed by atoms with Crippen LogP contribution >= 0.6 is 0 Å². The number of amides is 2. The molecule has 9 heteroatoms. The van der Waals surface area contributed by atoms with E-state index in [9.17, 15) is 14.0 Å². The van der Waals surface area contributed by atoms with Gasteiger partial charge in [0.15, 0.2) is 0 Å². The van der Waals surface area contributed by atoms with E-state index >= 15 is 0 Å². The highest BCUT2D eigenvalue weighted by atomic mass is 19.1. The first-order chi connectivity index (χ1) is 25.1. The number of benzene rings is 3. The van der Waals surface area contributed by atoms with Crippen LogP contribution in [0.5, 0.6) is 0 Å². The number of fused-ring (bicyclic) bond motifs is 1. The Balaban J connectivity index is 0.948. The number of imidazole rings is 2. The second kappa shape index (κ2) is 13.4. The minimum absolute atomic E-state index is 0.0167. The number of aromatic amines is 2. The molecule has 2 N–H and O–H groups in total. The van der Waals surface area contributed by atoms with Gasteiger partial charge in [-0.2, -0.15) is 0 Å². The number of carbonyl (C=O) groups is 2. The van der Waals surface area contributed by atoms with Crippen LogP contribution in [0.3, 0.4) is 0 Å². The molecule has 2 amide bonds. The fraction of sp³-hybridized carbons (Fsp3) is 0.395. The maximum Gasteiger partial charge on any atom is 0.230 e. The first kappa shape index (κ1) is 33.9. The van der Waals surface area contributed by atoms with Crippen LogP contribution in [0.1, 0.15) is 106 Å². The Morgan fingerprint density at radius 1 is 0.885 bits per heavy atom. The van der Waals surface area contributed by atoms with Crippen molar-refractivity contribution in [1.82, 2.24) is 29.7 Å². The quantitative estimate of drug-likeness (QED) is 0.167. The third-order valence-corrected chi connectivity index (χ3v) is 11.7. The van der Waals surface area contributed by atoms with Gasteiger partial charge in [-0.1, -0.05) is 62.9 Å². The molecular formula is C43H45FN6O2. The Bertz CT molecular complexity index is 2200. The van der Waals surface area contributed by atoms with Gasteiger partial charge in [-0.15, -0.1) is 0 Å². The van der Waals surface area contributed by atoms with Crippen LogP contribution in [0.2, 0.25) is 0 Å². The first-order valence-electron chi connectivity index (χ1n) is 18.6. The normalized spacial score (nSPS) is 20.3. The van der Waals surface area contributed by atoms with Crippen LogP contribution in [-0.2, 0) is 9.59 Å². The fourth-order valence-electron chi connectivity index (χ4n) is 7.94. The summed E-state index contributed by atoms with van der Waals surface area (Å²) < 4.78 is 14.4. The summed E-state index contributed by atoms with van der Waals surface area (Å²) in [4.78, 5) is 47.5. The molecule has 0 radical (unpaired) electrons. The predicted octanol–water partition coefficient (Wildman–Crippen LogP) is 8.30. The average molecular weight is 697 g/mol. The monoisotopic (exact) mass is 696 g/mol. The van der Waals surface area contributed by atoms with Crippen LogP contribution in [0, 0.1) is 34.9 Å². The SMILES string of the molecule is CC(C)[C@H](C)C(=O)N1CC2(CC2)C[C@H]1c1nc2ccc(C#Cc3ccc(-c4cnc([C@@H]5CCCN5C(=O)[C@H](C)c5ccccc5F)[nH]4)cc3)cc2[nH]1. The van der Waals surface area contributed by atoms with Gasteiger partial charge in [0.05, 0.1) is 40.9 Å². The summed E-state index contributed by atoms with van der Waals surface area (Å²) in [6.07, 6.45) is 6.83. The van der Waals surface area contributed by atoms with Gasteiger partial charge in [-0.05, 0) is 97.9 Å². The second-order valence-electron chi connectivity index (χ2n) is 15.5. The molecule has 1 saturated carbocycles. The molecule has 2 aromatic heterocycles. The van der Waals surface area contributed by atoms with E-state index < -0.39 is 5.92 Å². The molecule has 2 aliphatic heterocycles. The predicted molar refractivity (Wildman–Crippen MR) is 199 cm³/mol. The highest BCUT2D eigenvalue weighted by Gasteiger charge is 2.54. The molecule has 4 atom stereocenters. The molecule has 4 heterocycles. The Labute approximate surface area is 304 Å². The number of carbonyl (C=O) groups excluding carboxylic acids is 2. The molecule has 3 aliphatic rings. The van der Waals surface area contributed by atoms with E-state index in [1.54, 1.807) is 31.3 Å². The van der Waals surface area contributed by atoms with Crippen molar-refractivity contribution in [1.29, 1.82) is 0 Å². The molecule has 8 rings (SSSR count). The van der Waals surface area contributed by atoms with E-state index in [-0.39, 0.29) is 41.0 Å². The second-order valence-corrected chi connectivity index (χ2v) is 15.5. The molecule has 3 fully saturated rings. The Morgan fingerprint density at radius 3 is 2.38 bits per heavy atom. The van der Waals surface area contributed by atoms with Crippen molar-refractivity contribution in [3.63, 3.8) is 0 Å². The number of hydrogen-bond acceptors (Lipinski definition) is 4. The standard InChI is InChI=1S/C43H45FN6O2/c1-26(2)27(3)41(51)50-25-43(19-20-43)23-38(50)40-46-34-18-15-30(22-35(34)47-40)12-11-29-13-16-31(17-14-29)36-24-45-39(48-36)37-10-7-21-49(37)42(52)28(4)32-8-5-6-9-33(32)44/h5-6,8-9,13-18,22,24,26-28,37-38H,7,10,19-21,23,25H2,1-4H3,(H,45,48)(H,46,47)/t27-,28+,37-,38-/m0/s1. The van der Waals surface area contributed by atoms with Crippen molar-refractivity contribution >= 4 is 22.8 Å². The summed E-state index contributed by atoms with van der Waals surface area (Å²) in [5.74, 6) is 7.71. The van der Waals surface area contributed by atoms with E-state index in [4.69, 9.17) is 4.98 Å². The minimum Gasteiger partial charge on any atom is -0.340 e. The molecule has 52 heavy (non-hydrogen) atoms.